The highest BCUT2D eigenvalue weighted by Gasteiger charge is 2.47. The standard InChI is InChI=1S/C24H24ClNO7/c1-31-18-11-17(25)19(32-2)10-16(18)22(28)20-21(13-5-7-14(27)8-6-13)26(24(30)23(20)29)12-15-4-3-9-33-15/h5-8,10-11,15,21,27-28H,3-4,9,12H2,1-2H3/b22-20+. The molecule has 0 aromatic heterocycles. The number of ketones is 1. The summed E-state index contributed by atoms with van der Waals surface area (Å²) >= 11 is 6.18. The number of carbonyl (C=O) groups excluding carboxylic acids is 2. The molecule has 2 aromatic rings. The smallest absolute Gasteiger partial charge is 0.295 e. The Labute approximate surface area is 195 Å². The Kier molecular flexibility index (Phi) is 6.49. The van der Waals surface area contributed by atoms with Gasteiger partial charge in [-0.1, -0.05) is 23.7 Å². The Morgan fingerprint density at radius 1 is 1.15 bits per heavy atom. The van der Waals surface area contributed by atoms with E-state index in [-0.39, 0.29) is 46.1 Å². The number of likely N-dealkylation sites (tertiary alicyclic amines) is 1. The first-order valence-electron chi connectivity index (χ1n) is 10.5. The lowest BCUT2D eigenvalue weighted by atomic mass is 9.94. The summed E-state index contributed by atoms with van der Waals surface area (Å²) in [7, 11) is 2.83. The number of phenolic OH excluding ortho intramolecular Hbond substituents is 1. The van der Waals surface area contributed by atoms with E-state index < -0.39 is 23.5 Å². The molecule has 2 fully saturated rings. The van der Waals surface area contributed by atoms with Gasteiger partial charge in [0, 0.05) is 19.2 Å². The van der Waals surface area contributed by atoms with Gasteiger partial charge in [0.15, 0.2) is 0 Å². The van der Waals surface area contributed by atoms with Gasteiger partial charge in [-0.05, 0) is 36.6 Å². The second-order valence-corrected chi connectivity index (χ2v) is 8.27. The minimum atomic E-state index is -0.874. The maximum Gasteiger partial charge on any atom is 0.295 e. The summed E-state index contributed by atoms with van der Waals surface area (Å²) in [4.78, 5) is 27.7. The number of hydrogen-bond donors (Lipinski definition) is 2. The number of phenols is 1. The van der Waals surface area contributed by atoms with Gasteiger partial charge in [-0.25, -0.2) is 0 Å². The van der Waals surface area contributed by atoms with Crippen molar-refractivity contribution in [1.29, 1.82) is 0 Å². The zero-order valence-corrected chi connectivity index (χ0v) is 19.0. The van der Waals surface area contributed by atoms with E-state index in [0.29, 0.717) is 12.2 Å². The third-order valence-electron chi connectivity index (χ3n) is 5.90. The number of hydrogen-bond acceptors (Lipinski definition) is 7. The third-order valence-corrected chi connectivity index (χ3v) is 6.20. The molecular formula is C24H24ClNO7. The van der Waals surface area contributed by atoms with Crippen LogP contribution in [0.5, 0.6) is 17.2 Å². The second-order valence-electron chi connectivity index (χ2n) is 7.87. The van der Waals surface area contributed by atoms with Gasteiger partial charge in [0.2, 0.25) is 0 Å². The fraction of sp³-hybridized carbons (Fsp3) is 0.333. The molecule has 1 amide bonds. The van der Waals surface area contributed by atoms with E-state index in [9.17, 15) is 19.8 Å². The van der Waals surface area contributed by atoms with Crippen molar-refractivity contribution >= 4 is 29.1 Å². The molecule has 2 aliphatic rings. The summed E-state index contributed by atoms with van der Waals surface area (Å²) in [5.74, 6) is -1.43. The molecule has 0 radical (unpaired) electrons. The van der Waals surface area contributed by atoms with E-state index >= 15 is 0 Å². The van der Waals surface area contributed by atoms with Gasteiger partial charge in [0.1, 0.15) is 23.0 Å². The maximum absolute atomic E-state index is 13.2. The monoisotopic (exact) mass is 473 g/mol. The molecule has 2 heterocycles. The highest BCUT2D eigenvalue weighted by molar-refractivity contribution is 6.46. The van der Waals surface area contributed by atoms with Gasteiger partial charge in [-0.2, -0.15) is 0 Å². The molecule has 9 heteroatoms. The number of rotatable bonds is 6. The largest absolute Gasteiger partial charge is 0.508 e. The van der Waals surface area contributed by atoms with Crippen LogP contribution in [-0.4, -0.2) is 60.3 Å². The van der Waals surface area contributed by atoms with E-state index in [4.69, 9.17) is 25.8 Å². The fourth-order valence-electron chi connectivity index (χ4n) is 4.27. The summed E-state index contributed by atoms with van der Waals surface area (Å²) in [6, 6.07) is 8.20. The molecule has 0 spiro atoms. The maximum atomic E-state index is 13.2. The lowest BCUT2D eigenvalue weighted by molar-refractivity contribution is -0.140. The number of nitrogens with zero attached hydrogens (tertiary/aromatic N) is 1. The highest BCUT2D eigenvalue weighted by Crippen LogP contribution is 2.43. The first kappa shape index (κ1) is 22.9. The number of amides is 1. The summed E-state index contributed by atoms with van der Waals surface area (Å²) in [5.41, 5.74) is 0.635. The van der Waals surface area contributed by atoms with Crippen molar-refractivity contribution in [3.63, 3.8) is 0 Å². The number of carbonyl (C=O) groups is 2. The summed E-state index contributed by atoms with van der Waals surface area (Å²) in [6.45, 7) is 0.800. The van der Waals surface area contributed by atoms with Gasteiger partial charge in [0.25, 0.3) is 11.7 Å². The van der Waals surface area contributed by atoms with Crippen LogP contribution >= 0.6 is 11.6 Å². The first-order chi connectivity index (χ1) is 15.8. The van der Waals surface area contributed by atoms with Crippen molar-refractivity contribution < 1.29 is 34.0 Å². The Hall–Kier alpha value is -3.23. The van der Waals surface area contributed by atoms with E-state index in [0.717, 1.165) is 12.8 Å². The number of methoxy groups -OCH3 is 2. The minimum absolute atomic E-state index is 0.0407. The zero-order chi connectivity index (χ0) is 23.7. The van der Waals surface area contributed by atoms with Crippen LogP contribution in [0.4, 0.5) is 0 Å². The van der Waals surface area contributed by atoms with Crippen molar-refractivity contribution in [2.45, 2.75) is 25.0 Å². The molecule has 2 atom stereocenters. The van der Waals surface area contributed by atoms with Crippen LogP contribution in [0.25, 0.3) is 5.76 Å². The molecular weight excluding hydrogens is 450 g/mol. The molecule has 0 aliphatic carbocycles. The van der Waals surface area contributed by atoms with Gasteiger partial charge in [-0.3, -0.25) is 9.59 Å². The zero-order valence-electron chi connectivity index (χ0n) is 18.2. The molecule has 0 bridgehead atoms. The lowest BCUT2D eigenvalue weighted by Crippen LogP contribution is -2.36. The molecule has 174 valence electrons. The lowest BCUT2D eigenvalue weighted by Gasteiger charge is -2.27. The highest BCUT2D eigenvalue weighted by atomic mass is 35.5. The minimum Gasteiger partial charge on any atom is -0.508 e. The topological polar surface area (TPSA) is 106 Å². The van der Waals surface area contributed by atoms with Crippen molar-refractivity contribution in [2.24, 2.45) is 0 Å². The van der Waals surface area contributed by atoms with E-state index in [1.165, 1.54) is 43.4 Å². The van der Waals surface area contributed by atoms with Crippen LogP contribution in [0.2, 0.25) is 5.02 Å². The van der Waals surface area contributed by atoms with Crippen LogP contribution in [0.3, 0.4) is 0 Å². The number of halogens is 1. The molecule has 8 nitrogen and oxygen atoms in total. The molecule has 0 saturated carbocycles. The van der Waals surface area contributed by atoms with Crippen LogP contribution in [0, 0.1) is 0 Å². The Balaban J connectivity index is 1.88. The SMILES string of the molecule is COc1cc(/C(O)=C2\C(=O)C(=O)N(CC3CCCO3)C2c2ccc(O)cc2)c(OC)cc1Cl. The van der Waals surface area contributed by atoms with Crippen LogP contribution in [0.1, 0.15) is 30.0 Å². The molecule has 4 rings (SSSR count). The Bertz CT molecular complexity index is 1110. The molecule has 2 unspecified atom stereocenters. The van der Waals surface area contributed by atoms with E-state index in [1.807, 2.05) is 0 Å². The average Bonchev–Trinajstić information content (AvgIpc) is 3.41. The predicted molar refractivity (Wildman–Crippen MR) is 121 cm³/mol. The normalized spacial score (nSPS) is 22.1. The summed E-state index contributed by atoms with van der Waals surface area (Å²) in [6.07, 6.45) is 1.45. The number of benzene rings is 2. The molecule has 2 aliphatic heterocycles. The first-order valence-corrected chi connectivity index (χ1v) is 10.8. The number of aliphatic hydroxyl groups excluding tert-OH is 1. The van der Waals surface area contributed by atoms with Gasteiger partial charge in [-0.15, -0.1) is 0 Å². The van der Waals surface area contributed by atoms with Crippen molar-refractivity contribution in [1.82, 2.24) is 4.90 Å². The summed E-state index contributed by atoms with van der Waals surface area (Å²) < 4.78 is 16.3. The van der Waals surface area contributed by atoms with Crippen LogP contribution in [0.15, 0.2) is 42.0 Å². The van der Waals surface area contributed by atoms with Crippen molar-refractivity contribution in [3.8, 4) is 17.2 Å². The van der Waals surface area contributed by atoms with Crippen LogP contribution < -0.4 is 9.47 Å². The van der Waals surface area contributed by atoms with Crippen molar-refractivity contribution in [3.05, 3.63) is 58.1 Å². The third kappa shape index (κ3) is 4.24. The Morgan fingerprint density at radius 3 is 2.45 bits per heavy atom. The number of aromatic hydroxyl groups is 1. The van der Waals surface area contributed by atoms with Crippen molar-refractivity contribution in [2.75, 3.05) is 27.4 Å². The molecule has 33 heavy (non-hydrogen) atoms. The van der Waals surface area contributed by atoms with Gasteiger partial charge in [0.05, 0.1) is 42.5 Å². The number of aliphatic hydroxyl groups is 1. The predicted octanol–water partition coefficient (Wildman–Crippen LogP) is 3.66. The fourth-order valence-corrected chi connectivity index (χ4v) is 4.50. The molecule has 2 aromatic carbocycles. The average molecular weight is 474 g/mol. The molecule has 2 saturated heterocycles. The Morgan fingerprint density at radius 2 is 1.85 bits per heavy atom. The molecule has 2 N–H and O–H groups in total. The summed E-state index contributed by atoms with van der Waals surface area (Å²) in [5, 5.41) is 21.3. The quantitative estimate of drug-likeness (QED) is 0.374. The van der Waals surface area contributed by atoms with E-state index in [1.54, 1.807) is 12.1 Å². The van der Waals surface area contributed by atoms with Gasteiger partial charge < -0.3 is 29.3 Å². The van der Waals surface area contributed by atoms with E-state index in [2.05, 4.69) is 0 Å². The van der Waals surface area contributed by atoms with Crippen LogP contribution in [-0.2, 0) is 14.3 Å². The van der Waals surface area contributed by atoms with Gasteiger partial charge >= 0.3 is 0 Å². The second kappa shape index (κ2) is 9.33. The number of ether oxygens (including phenoxy) is 3. The number of Topliss-reactive ketones (excluding diaryl/α,β-unsaturated/α-hetero) is 1.